The Hall–Kier alpha value is -4.17. The highest BCUT2D eigenvalue weighted by Gasteiger charge is 2.25. The third-order valence-electron chi connectivity index (χ3n) is 5.35. The van der Waals surface area contributed by atoms with Gasteiger partial charge in [-0.15, -0.1) is 0 Å². The van der Waals surface area contributed by atoms with Crippen LogP contribution in [0.1, 0.15) is 34.5 Å². The van der Waals surface area contributed by atoms with Crippen molar-refractivity contribution in [2.24, 2.45) is 4.99 Å². The highest BCUT2D eigenvalue weighted by atomic mass is 35.5. The zero-order chi connectivity index (χ0) is 23.8. The summed E-state index contributed by atoms with van der Waals surface area (Å²) >= 11 is 6.23. The van der Waals surface area contributed by atoms with E-state index in [1.165, 1.54) is 30.3 Å². The molecule has 4 aromatic rings. The number of fused-ring (bicyclic) bond motifs is 3. The molecule has 0 radical (unpaired) electrons. The molecule has 1 aromatic heterocycles. The maximum atomic E-state index is 14.6. The van der Waals surface area contributed by atoms with Crippen molar-refractivity contribution in [1.82, 2.24) is 9.97 Å². The topological polar surface area (TPSA) is 87.5 Å². The summed E-state index contributed by atoms with van der Waals surface area (Å²) < 4.78 is 29.3. The van der Waals surface area contributed by atoms with Crippen LogP contribution in [0.25, 0.3) is 11.3 Å². The number of anilines is 2. The Morgan fingerprint density at radius 2 is 1.71 bits per heavy atom. The minimum Gasteiger partial charge on any atom is -0.478 e. The predicted molar refractivity (Wildman–Crippen MR) is 132 cm³/mol. The summed E-state index contributed by atoms with van der Waals surface area (Å²) in [6, 6.07) is 14.8. The van der Waals surface area contributed by atoms with Crippen LogP contribution in [0.15, 0.2) is 71.9 Å². The molecule has 5 rings (SSSR count). The third-order valence-corrected chi connectivity index (χ3v) is 5.59. The Balaban J connectivity index is 0.00000289. The number of hydrogen-bond acceptors (Lipinski definition) is 5. The number of benzene rings is 3. The van der Waals surface area contributed by atoms with Gasteiger partial charge in [0.2, 0.25) is 5.95 Å². The normalized spacial score (nSPS) is 11.9. The van der Waals surface area contributed by atoms with Crippen molar-refractivity contribution in [2.45, 2.75) is 14.0 Å². The van der Waals surface area contributed by atoms with E-state index in [0.717, 1.165) is 0 Å². The third kappa shape index (κ3) is 4.61. The lowest BCUT2D eigenvalue weighted by Crippen LogP contribution is -2.10. The number of nitrogens with one attached hydrogen (secondary N) is 1. The fourth-order valence-electron chi connectivity index (χ4n) is 3.75. The van der Waals surface area contributed by atoms with Gasteiger partial charge in [0.25, 0.3) is 0 Å². The van der Waals surface area contributed by atoms with E-state index in [2.05, 4.69) is 20.3 Å². The van der Waals surface area contributed by atoms with E-state index < -0.39 is 17.6 Å². The number of aromatic nitrogens is 2. The van der Waals surface area contributed by atoms with E-state index >= 15 is 0 Å². The van der Waals surface area contributed by atoms with Gasteiger partial charge in [0, 0.05) is 33.6 Å². The summed E-state index contributed by atoms with van der Waals surface area (Å²) in [5.41, 5.74) is 2.93. The number of rotatable bonds is 4. The molecule has 1 aliphatic heterocycles. The van der Waals surface area contributed by atoms with Crippen LogP contribution in [0.5, 0.6) is 0 Å². The Kier molecular flexibility index (Phi) is 6.57. The van der Waals surface area contributed by atoms with Crippen molar-refractivity contribution in [3.05, 3.63) is 106 Å². The molecule has 9 heteroatoms. The average Bonchev–Trinajstić information content (AvgIpc) is 2.96. The summed E-state index contributed by atoms with van der Waals surface area (Å²) in [5.74, 6) is -2.21. The Morgan fingerprint density at radius 1 is 1.00 bits per heavy atom. The molecule has 0 bridgehead atoms. The van der Waals surface area contributed by atoms with E-state index in [1.54, 1.807) is 36.5 Å². The van der Waals surface area contributed by atoms with Gasteiger partial charge in [-0.05, 0) is 48.5 Å². The number of aromatic carboxylic acids is 1. The van der Waals surface area contributed by atoms with Crippen molar-refractivity contribution in [3.63, 3.8) is 0 Å². The molecule has 0 unspecified atom stereocenters. The maximum Gasteiger partial charge on any atom is 0.335 e. The van der Waals surface area contributed by atoms with Gasteiger partial charge in [0.15, 0.2) is 0 Å². The van der Waals surface area contributed by atoms with Gasteiger partial charge in [-0.2, -0.15) is 0 Å². The fraction of sp³-hybridized carbons (Fsp3) is 0.0769. The van der Waals surface area contributed by atoms with E-state index in [-0.39, 0.29) is 36.8 Å². The van der Waals surface area contributed by atoms with Gasteiger partial charge < -0.3 is 10.4 Å². The van der Waals surface area contributed by atoms with Gasteiger partial charge >= 0.3 is 5.97 Å². The maximum absolute atomic E-state index is 14.6. The molecule has 0 atom stereocenters. The summed E-state index contributed by atoms with van der Waals surface area (Å²) in [5, 5.41) is 12.5. The summed E-state index contributed by atoms with van der Waals surface area (Å²) in [4.78, 5) is 24.5. The second-order valence-electron chi connectivity index (χ2n) is 7.53. The molecule has 2 N–H and O–H groups in total. The average molecular weight is 493 g/mol. The van der Waals surface area contributed by atoms with Crippen LogP contribution in [-0.4, -0.2) is 26.8 Å². The highest BCUT2D eigenvalue weighted by Crippen LogP contribution is 2.34. The molecule has 0 saturated heterocycles. The van der Waals surface area contributed by atoms with E-state index in [0.29, 0.717) is 33.1 Å². The number of halogens is 3. The quantitative estimate of drug-likeness (QED) is 0.339. The van der Waals surface area contributed by atoms with Crippen LogP contribution in [0.3, 0.4) is 0 Å². The Labute approximate surface area is 205 Å². The lowest BCUT2D eigenvalue weighted by atomic mass is 9.95. The lowest BCUT2D eigenvalue weighted by Gasteiger charge is -2.13. The minimum absolute atomic E-state index is 0. The first-order chi connectivity index (χ1) is 16.4. The predicted octanol–water partition coefficient (Wildman–Crippen LogP) is 6.50. The summed E-state index contributed by atoms with van der Waals surface area (Å²) in [6.07, 6.45) is 1.60. The van der Waals surface area contributed by atoms with Crippen LogP contribution >= 0.6 is 11.6 Å². The first-order valence-corrected chi connectivity index (χ1v) is 10.5. The van der Waals surface area contributed by atoms with Crippen LogP contribution in [0, 0.1) is 11.6 Å². The number of aliphatic imine (C=N–C) groups is 1. The molecule has 2 heterocycles. The second-order valence-corrected chi connectivity index (χ2v) is 7.96. The highest BCUT2D eigenvalue weighted by molar-refractivity contribution is 6.31. The van der Waals surface area contributed by atoms with Crippen LogP contribution in [0.4, 0.5) is 20.4 Å². The largest absolute Gasteiger partial charge is 0.478 e. The first-order valence-electron chi connectivity index (χ1n) is 10.2. The van der Waals surface area contributed by atoms with Crippen LogP contribution in [0.2, 0.25) is 5.02 Å². The number of hydrogen-bond donors (Lipinski definition) is 2. The monoisotopic (exact) mass is 492 g/mol. The van der Waals surface area contributed by atoms with Crippen molar-refractivity contribution in [3.8, 4) is 11.3 Å². The SMILES string of the molecule is C.O=C(O)c1ccc(Nc2ncc3c(n2)-c2ccc(Cl)cc2C(c2c(F)cccc2F)=NC3)cc1. The molecule has 0 saturated carbocycles. The Bertz CT molecular complexity index is 1450. The van der Waals surface area contributed by atoms with E-state index in [1.807, 2.05) is 0 Å². The van der Waals surface area contributed by atoms with Crippen molar-refractivity contribution < 1.29 is 18.7 Å². The molecular formula is C26H19ClF2N4O2. The number of carboxylic acids is 1. The van der Waals surface area contributed by atoms with Crippen molar-refractivity contribution in [1.29, 1.82) is 0 Å². The molecule has 6 nitrogen and oxygen atoms in total. The molecular weight excluding hydrogens is 474 g/mol. The van der Waals surface area contributed by atoms with E-state index in [9.17, 15) is 13.6 Å². The number of carbonyl (C=O) groups is 1. The van der Waals surface area contributed by atoms with Crippen LogP contribution in [-0.2, 0) is 6.54 Å². The molecule has 0 spiro atoms. The zero-order valence-corrected chi connectivity index (χ0v) is 18.1. The van der Waals surface area contributed by atoms with E-state index in [4.69, 9.17) is 16.7 Å². The standard InChI is InChI=1S/C25H15ClF2N4O2.CH4/c26-15-6-9-17-18(10-15)23(21-19(27)2-1-3-20(21)28)29-11-14-12-30-25(32-22(14)17)31-16-7-4-13(5-8-16)24(33)34;/h1-10,12H,11H2,(H,33,34)(H,30,31,32);1H4. The van der Waals surface area contributed by atoms with Crippen molar-refractivity contribution in [2.75, 3.05) is 5.32 Å². The zero-order valence-electron chi connectivity index (χ0n) is 17.4. The van der Waals surface area contributed by atoms with Gasteiger partial charge in [0.1, 0.15) is 11.6 Å². The molecule has 0 fully saturated rings. The second kappa shape index (κ2) is 9.60. The number of carboxylic acid groups (broad SMARTS) is 1. The molecule has 3 aromatic carbocycles. The fourth-order valence-corrected chi connectivity index (χ4v) is 3.92. The lowest BCUT2D eigenvalue weighted by molar-refractivity contribution is 0.0697. The van der Waals surface area contributed by atoms with Crippen molar-refractivity contribution >= 4 is 34.9 Å². The van der Waals surface area contributed by atoms with Gasteiger partial charge in [-0.3, -0.25) is 4.99 Å². The summed E-state index contributed by atoms with van der Waals surface area (Å²) in [7, 11) is 0. The van der Waals surface area contributed by atoms with Gasteiger partial charge in [-0.25, -0.2) is 23.5 Å². The number of nitrogens with zero attached hydrogens (tertiary/aromatic N) is 3. The first kappa shape index (κ1) is 24.0. The smallest absolute Gasteiger partial charge is 0.335 e. The summed E-state index contributed by atoms with van der Waals surface area (Å²) in [6.45, 7) is 0.109. The minimum atomic E-state index is -1.02. The Morgan fingerprint density at radius 3 is 2.40 bits per heavy atom. The van der Waals surface area contributed by atoms with Gasteiger partial charge in [0.05, 0.1) is 29.1 Å². The van der Waals surface area contributed by atoms with Crippen LogP contribution < -0.4 is 5.32 Å². The molecule has 0 aliphatic carbocycles. The molecule has 176 valence electrons. The molecule has 35 heavy (non-hydrogen) atoms. The molecule has 1 aliphatic rings. The molecule has 0 amide bonds. The van der Waals surface area contributed by atoms with Gasteiger partial charge in [-0.1, -0.05) is 31.2 Å².